The zero-order chi connectivity index (χ0) is 10.1. The molecule has 0 aromatic carbocycles. The number of rotatable bonds is 2. The molecule has 0 aliphatic carbocycles. The number of nitrogens with zero attached hydrogens (tertiary/aromatic N) is 3. The topological polar surface area (TPSA) is 47.1 Å². The van der Waals surface area contributed by atoms with Crippen LogP contribution in [0.3, 0.4) is 0 Å². The van der Waals surface area contributed by atoms with Gasteiger partial charge in [0.05, 0.1) is 0 Å². The van der Waals surface area contributed by atoms with E-state index in [1.165, 1.54) is 18.5 Å². The molecule has 1 aliphatic rings. The van der Waals surface area contributed by atoms with Crippen LogP contribution in [0.5, 0.6) is 0 Å². The van der Waals surface area contributed by atoms with Crippen molar-refractivity contribution in [3.05, 3.63) is 11.8 Å². The lowest BCUT2D eigenvalue weighted by molar-refractivity contribution is 0.659. The van der Waals surface area contributed by atoms with E-state index in [0.717, 1.165) is 18.9 Å². The summed E-state index contributed by atoms with van der Waals surface area (Å²) in [6, 6.07) is 2.62. The molecule has 0 bridgehead atoms. The van der Waals surface area contributed by atoms with Gasteiger partial charge in [-0.25, -0.2) is 0 Å². The minimum absolute atomic E-state index is 0.490. The van der Waals surface area contributed by atoms with Crippen LogP contribution in [-0.2, 0) is 7.05 Å². The quantitative estimate of drug-likeness (QED) is 0.752. The van der Waals surface area contributed by atoms with Gasteiger partial charge in [0.25, 0.3) is 0 Å². The number of nitrogens with two attached hydrogens (primary N) is 1. The summed E-state index contributed by atoms with van der Waals surface area (Å²) in [6.45, 7) is 3.90. The summed E-state index contributed by atoms with van der Waals surface area (Å²) in [4.78, 5) is 2.33. The Morgan fingerprint density at radius 1 is 1.64 bits per heavy atom. The van der Waals surface area contributed by atoms with Crippen molar-refractivity contribution in [3.8, 4) is 0 Å². The van der Waals surface area contributed by atoms with Crippen molar-refractivity contribution < 1.29 is 0 Å². The van der Waals surface area contributed by atoms with E-state index in [0.29, 0.717) is 6.04 Å². The second-order valence-corrected chi connectivity index (χ2v) is 3.99. The molecule has 0 amide bonds. The number of hydrogen-bond acceptors (Lipinski definition) is 3. The van der Waals surface area contributed by atoms with Crippen LogP contribution in [0.2, 0.25) is 0 Å². The summed E-state index contributed by atoms with van der Waals surface area (Å²) in [6.07, 6.45) is 2.43. The Labute approximate surface area is 84.7 Å². The fourth-order valence-electron chi connectivity index (χ4n) is 2.06. The Morgan fingerprint density at radius 2 is 2.43 bits per heavy atom. The number of hydrogen-bond donors (Lipinski definition) is 1. The molecule has 1 atom stereocenters. The van der Waals surface area contributed by atoms with Gasteiger partial charge in [-0.2, -0.15) is 5.10 Å². The van der Waals surface area contributed by atoms with Crippen LogP contribution in [0.1, 0.15) is 18.5 Å². The van der Waals surface area contributed by atoms with Gasteiger partial charge >= 0.3 is 0 Å². The molecule has 1 aromatic heterocycles. The predicted molar refractivity (Wildman–Crippen MR) is 57.4 cm³/mol. The van der Waals surface area contributed by atoms with Crippen molar-refractivity contribution in [2.45, 2.75) is 25.8 Å². The lowest BCUT2D eigenvalue weighted by atomic mass is 10.2. The van der Waals surface area contributed by atoms with Gasteiger partial charge in [0.15, 0.2) is 5.82 Å². The maximum Gasteiger partial charge on any atom is 0.151 e. The van der Waals surface area contributed by atoms with E-state index < -0.39 is 0 Å². The molecule has 78 valence electrons. The first-order valence-corrected chi connectivity index (χ1v) is 5.19. The highest BCUT2D eigenvalue weighted by molar-refractivity contribution is 5.42. The van der Waals surface area contributed by atoms with Gasteiger partial charge in [0, 0.05) is 37.9 Å². The van der Waals surface area contributed by atoms with Crippen molar-refractivity contribution in [3.63, 3.8) is 0 Å². The van der Waals surface area contributed by atoms with Crippen LogP contribution >= 0.6 is 0 Å². The standard InChI is InChI=1S/C10H18N4/c1-8-6-10(12-13(8)2)14-5-3-4-9(14)7-11/h6,9H,3-5,7,11H2,1-2H3/t9-/m1/s1. The van der Waals surface area contributed by atoms with Crippen molar-refractivity contribution >= 4 is 5.82 Å². The Balaban J connectivity index is 2.21. The third-order valence-corrected chi connectivity index (χ3v) is 3.04. The molecule has 4 heteroatoms. The summed E-state index contributed by atoms with van der Waals surface area (Å²) < 4.78 is 1.92. The highest BCUT2D eigenvalue weighted by Crippen LogP contribution is 2.23. The fraction of sp³-hybridized carbons (Fsp3) is 0.700. The first-order chi connectivity index (χ1) is 6.72. The van der Waals surface area contributed by atoms with Crippen LogP contribution in [0.4, 0.5) is 5.82 Å². The zero-order valence-corrected chi connectivity index (χ0v) is 8.90. The van der Waals surface area contributed by atoms with Crippen LogP contribution in [0.15, 0.2) is 6.07 Å². The molecule has 1 aliphatic heterocycles. The van der Waals surface area contributed by atoms with E-state index >= 15 is 0 Å². The van der Waals surface area contributed by atoms with Crippen molar-refractivity contribution in [1.82, 2.24) is 9.78 Å². The van der Waals surface area contributed by atoms with E-state index in [1.54, 1.807) is 0 Å². The molecule has 1 fully saturated rings. The highest BCUT2D eigenvalue weighted by atomic mass is 15.4. The van der Waals surface area contributed by atoms with Gasteiger partial charge in [0.1, 0.15) is 0 Å². The zero-order valence-electron chi connectivity index (χ0n) is 8.90. The SMILES string of the molecule is Cc1cc(N2CCC[C@@H]2CN)nn1C. The van der Waals surface area contributed by atoms with Crippen LogP contribution in [0.25, 0.3) is 0 Å². The molecule has 0 unspecified atom stereocenters. The van der Waals surface area contributed by atoms with E-state index in [1.807, 2.05) is 11.7 Å². The van der Waals surface area contributed by atoms with E-state index in [9.17, 15) is 0 Å². The number of aryl methyl sites for hydroxylation is 2. The van der Waals surface area contributed by atoms with Gasteiger partial charge in [-0.3, -0.25) is 4.68 Å². The van der Waals surface area contributed by atoms with Gasteiger partial charge in [-0.05, 0) is 19.8 Å². The van der Waals surface area contributed by atoms with Gasteiger partial charge in [0.2, 0.25) is 0 Å². The first-order valence-electron chi connectivity index (χ1n) is 5.19. The summed E-state index contributed by atoms with van der Waals surface area (Å²) in [5.74, 6) is 1.08. The maximum absolute atomic E-state index is 5.73. The molecule has 0 saturated carbocycles. The lowest BCUT2D eigenvalue weighted by Crippen LogP contribution is -2.35. The molecule has 2 heterocycles. The summed E-state index contributed by atoms with van der Waals surface area (Å²) in [5, 5.41) is 4.48. The van der Waals surface area contributed by atoms with Gasteiger partial charge in [-0.15, -0.1) is 0 Å². The molecular formula is C10H18N4. The van der Waals surface area contributed by atoms with Gasteiger partial charge < -0.3 is 10.6 Å². The normalized spacial score (nSPS) is 21.9. The molecule has 14 heavy (non-hydrogen) atoms. The largest absolute Gasteiger partial charge is 0.351 e. The third-order valence-electron chi connectivity index (χ3n) is 3.04. The maximum atomic E-state index is 5.73. The summed E-state index contributed by atoms with van der Waals surface area (Å²) in [7, 11) is 1.98. The van der Waals surface area contributed by atoms with Crippen molar-refractivity contribution in [2.75, 3.05) is 18.0 Å². The molecule has 0 radical (unpaired) electrons. The summed E-state index contributed by atoms with van der Waals surface area (Å²) in [5.41, 5.74) is 6.93. The van der Waals surface area contributed by atoms with E-state index in [2.05, 4.69) is 23.0 Å². The lowest BCUT2D eigenvalue weighted by Gasteiger charge is -2.22. The summed E-state index contributed by atoms with van der Waals surface area (Å²) >= 11 is 0. The second-order valence-electron chi connectivity index (χ2n) is 3.99. The van der Waals surface area contributed by atoms with Crippen molar-refractivity contribution in [2.24, 2.45) is 12.8 Å². The molecule has 4 nitrogen and oxygen atoms in total. The molecule has 2 N–H and O–H groups in total. The Hall–Kier alpha value is -1.03. The fourth-order valence-corrected chi connectivity index (χ4v) is 2.06. The minimum atomic E-state index is 0.490. The Bertz CT molecular complexity index is 298. The Kier molecular flexibility index (Phi) is 2.46. The third kappa shape index (κ3) is 1.50. The van der Waals surface area contributed by atoms with Crippen LogP contribution < -0.4 is 10.6 Å². The molecule has 1 aromatic rings. The minimum Gasteiger partial charge on any atom is -0.351 e. The predicted octanol–water partition coefficient (Wildman–Crippen LogP) is 0.656. The molecule has 1 saturated heterocycles. The average Bonchev–Trinajstić information content (AvgIpc) is 2.73. The second kappa shape index (κ2) is 3.61. The van der Waals surface area contributed by atoms with E-state index in [4.69, 9.17) is 5.73 Å². The van der Waals surface area contributed by atoms with E-state index in [-0.39, 0.29) is 0 Å². The smallest absolute Gasteiger partial charge is 0.151 e. The van der Waals surface area contributed by atoms with Crippen molar-refractivity contribution in [1.29, 1.82) is 0 Å². The van der Waals surface area contributed by atoms with Gasteiger partial charge in [-0.1, -0.05) is 0 Å². The number of aromatic nitrogens is 2. The van der Waals surface area contributed by atoms with Crippen LogP contribution in [-0.4, -0.2) is 28.9 Å². The monoisotopic (exact) mass is 194 g/mol. The number of anilines is 1. The molecular weight excluding hydrogens is 176 g/mol. The first kappa shape index (κ1) is 9.52. The molecule has 0 spiro atoms. The highest BCUT2D eigenvalue weighted by Gasteiger charge is 2.25. The molecule has 2 rings (SSSR count). The Morgan fingerprint density at radius 3 is 3.00 bits per heavy atom. The van der Waals surface area contributed by atoms with Crippen LogP contribution in [0, 0.1) is 6.92 Å². The average molecular weight is 194 g/mol.